The van der Waals surface area contributed by atoms with Crippen LogP contribution in [0.5, 0.6) is 0 Å². The summed E-state index contributed by atoms with van der Waals surface area (Å²) >= 11 is 4.47. The van der Waals surface area contributed by atoms with Crippen molar-refractivity contribution in [3.8, 4) is 0 Å². The number of aromatic nitrogens is 2. The van der Waals surface area contributed by atoms with Crippen LogP contribution in [-0.2, 0) is 4.87 Å². The first-order valence-corrected chi connectivity index (χ1v) is 4.79. The van der Waals surface area contributed by atoms with Crippen molar-refractivity contribution in [3.05, 3.63) is 18.2 Å². The Balaban J connectivity index is 2.23. The van der Waals surface area contributed by atoms with Crippen molar-refractivity contribution < 1.29 is 0 Å². The Morgan fingerprint density at radius 3 is 2.67 bits per heavy atom. The van der Waals surface area contributed by atoms with Gasteiger partial charge in [-0.15, -0.1) is 0 Å². The molecule has 0 spiro atoms. The zero-order valence-corrected chi connectivity index (χ0v) is 8.38. The molecule has 1 fully saturated rings. The van der Waals surface area contributed by atoms with Crippen molar-refractivity contribution in [2.45, 2.75) is 37.5 Å². The fraction of sp³-hybridized carbons (Fsp3) is 0.667. The second kappa shape index (κ2) is 2.52. The minimum absolute atomic E-state index is 0.125. The maximum absolute atomic E-state index is 4.47. The highest BCUT2D eigenvalue weighted by Crippen LogP contribution is 2.39. The van der Waals surface area contributed by atoms with E-state index in [1.807, 2.05) is 6.33 Å². The average Bonchev–Trinajstić information content (AvgIpc) is 2.66. The normalized spacial score (nSPS) is 18.2. The van der Waals surface area contributed by atoms with E-state index in [1.54, 1.807) is 0 Å². The zero-order valence-electron chi connectivity index (χ0n) is 7.49. The summed E-state index contributed by atoms with van der Waals surface area (Å²) in [5.74, 6) is 0.738. The van der Waals surface area contributed by atoms with Gasteiger partial charge in [0.05, 0.1) is 16.9 Å². The SMILES string of the molecule is CC(C)(S)n1cnc(C2CC2)c1. The summed E-state index contributed by atoms with van der Waals surface area (Å²) in [4.78, 5) is 4.23. The molecular weight excluding hydrogens is 168 g/mol. The van der Waals surface area contributed by atoms with Crippen LogP contribution in [0.2, 0.25) is 0 Å². The molecular formula is C9H14N2S. The summed E-state index contributed by atoms with van der Waals surface area (Å²) in [6.07, 6.45) is 6.61. The van der Waals surface area contributed by atoms with Crippen LogP contribution in [0.25, 0.3) is 0 Å². The van der Waals surface area contributed by atoms with Crippen molar-refractivity contribution in [3.63, 3.8) is 0 Å². The molecule has 1 aromatic heterocycles. The maximum atomic E-state index is 4.47. The van der Waals surface area contributed by atoms with E-state index >= 15 is 0 Å². The smallest absolute Gasteiger partial charge is 0.0961 e. The van der Waals surface area contributed by atoms with Crippen molar-refractivity contribution in [1.29, 1.82) is 0 Å². The van der Waals surface area contributed by atoms with Gasteiger partial charge in [-0.25, -0.2) is 4.98 Å². The van der Waals surface area contributed by atoms with Gasteiger partial charge in [-0.3, -0.25) is 0 Å². The third kappa shape index (κ3) is 1.51. The highest BCUT2D eigenvalue weighted by molar-refractivity contribution is 7.81. The molecule has 0 radical (unpaired) electrons. The standard InChI is InChI=1S/C9H14N2S/c1-9(2,12)11-5-8(10-6-11)7-3-4-7/h5-7,12H,3-4H2,1-2H3. The first-order chi connectivity index (χ1) is 5.57. The lowest BCUT2D eigenvalue weighted by molar-refractivity contribution is 0.541. The maximum Gasteiger partial charge on any atom is 0.0961 e. The van der Waals surface area contributed by atoms with Crippen LogP contribution in [0.15, 0.2) is 12.5 Å². The predicted molar refractivity (Wildman–Crippen MR) is 52.5 cm³/mol. The lowest BCUT2D eigenvalue weighted by Gasteiger charge is -2.18. The van der Waals surface area contributed by atoms with E-state index in [0.29, 0.717) is 0 Å². The second-order valence-corrected chi connectivity index (χ2v) is 5.07. The molecule has 12 heavy (non-hydrogen) atoms. The summed E-state index contributed by atoms with van der Waals surface area (Å²) in [6, 6.07) is 0. The number of imidazole rings is 1. The summed E-state index contributed by atoms with van der Waals surface area (Å²) in [5, 5.41) is 0. The van der Waals surface area contributed by atoms with E-state index < -0.39 is 0 Å². The van der Waals surface area contributed by atoms with Gasteiger partial charge < -0.3 is 4.57 Å². The molecule has 1 aliphatic rings. The topological polar surface area (TPSA) is 17.8 Å². The van der Waals surface area contributed by atoms with Gasteiger partial charge in [0.2, 0.25) is 0 Å². The lowest BCUT2D eigenvalue weighted by Crippen LogP contribution is -2.16. The molecule has 0 amide bonds. The van der Waals surface area contributed by atoms with Gasteiger partial charge >= 0.3 is 0 Å². The van der Waals surface area contributed by atoms with Crippen LogP contribution in [0, 0.1) is 0 Å². The number of nitrogens with zero attached hydrogens (tertiary/aromatic N) is 2. The summed E-state index contributed by atoms with van der Waals surface area (Å²) < 4.78 is 2.06. The molecule has 0 atom stereocenters. The van der Waals surface area contributed by atoms with Crippen molar-refractivity contribution in [2.75, 3.05) is 0 Å². The molecule has 0 unspecified atom stereocenters. The van der Waals surface area contributed by atoms with Crippen LogP contribution in [0.3, 0.4) is 0 Å². The lowest BCUT2D eigenvalue weighted by atomic mass is 10.3. The van der Waals surface area contributed by atoms with Gasteiger partial charge in [0.25, 0.3) is 0 Å². The van der Waals surface area contributed by atoms with Gasteiger partial charge in [0.1, 0.15) is 0 Å². The highest BCUT2D eigenvalue weighted by Gasteiger charge is 2.27. The zero-order chi connectivity index (χ0) is 8.77. The van der Waals surface area contributed by atoms with Gasteiger partial charge in [-0.05, 0) is 26.7 Å². The van der Waals surface area contributed by atoms with Gasteiger partial charge in [0, 0.05) is 12.1 Å². The predicted octanol–water partition coefficient (Wildman–Crippen LogP) is 2.38. The van der Waals surface area contributed by atoms with Crippen LogP contribution < -0.4 is 0 Å². The third-order valence-corrected chi connectivity index (χ3v) is 2.46. The summed E-state index contributed by atoms with van der Waals surface area (Å²) in [7, 11) is 0. The largest absolute Gasteiger partial charge is 0.323 e. The molecule has 3 heteroatoms. The highest BCUT2D eigenvalue weighted by atomic mass is 32.1. The van der Waals surface area contributed by atoms with Crippen molar-refractivity contribution in [2.24, 2.45) is 0 Å². The van der Waals surface area contributed by atoms with Crippen LogP contribution in [0.1, 0.15) is 38.3 Å². The van der Waals surface area contributed by atoms with E-state index in [9.17, 15) is 0 Å². The quantitative estimate of drug-likeness (QED) is 0.695. The molecule has 0 aliphatic heterocycles. The molecule has 0 saturated heterocycles. The third-order valence-electron chi connectivity index (χ3n) is 2.23. The molecule has 0 N–H and O–H groups in total. The minimum atomic E-state index is -0.125. The fourth-order valence-corrected chi connectivity index (χ4v) is 1.34. The average molecular weight is 182 g/mol. The van der Waals surface area contributed by atoms with Crippen LogP contribution in [0.4, 0.5) is 0 Å². The number of hydrogen-bond donors (Lipinski definition) is 1. The van der Waals surface area contributed by atoms with Crippen molar-refractivity contribution >= 4 is 12.6 Å². The molecule has 1 heterocycles. The van der Waals surface area contributed by atoms with E-state index in [0.717, 1.165) is 5.92 Å². The Morgan fingerprint density at radius 2 is 2.25 bits per heavy atom. The molecule has 1 aliphatic carbocycles. The fourth-order valence-electron chi connectivity index (χ4n) is 1.23. The number of thiol groups is 1. The molecule has 66 valence electrons. The molecule has 2 nitrogen and oxygen atoms in total. The number of hydrogen-bond acceptors (Lipinski definition) is 2. The number of rotatable bonds is 2. The molecule has 2 rings (SSSR count). The first kappa shape index (κ1) is 8.17. The van der Waals surface area contributed by atoms with E-state index in [2.05, 4.69) is 42.2 Å². The van der Waals surface area contributed by atoms with E-state index in [-0.39, 0.29) is 4.87 Å². The Kier molecular flexibility index (Phi) is 1.72. The van der Waals surface area contributed by atoms with E-state index in [1.165, 1.54) is 18.5 Å². The molecule has 1 saturated carbocycles. The minimum Gasteiger partial charge on any atom is -0.323 e. The Labute approximate surface area is 78.4 Å². The van der Waals surface area contributed by atoms with Gasteiger partial charge in [-0.1, -0.05) is 0 Å². The van der Waals surface area contributed by atoms with Gasteiger partial charge in [-0.2, -0.15) is 12.6 Å². The van der Waals surface area contributed by atoms with Gasteiger partial charge in [0.15, 0.2) is 0 Å². The van der Waals surface area contributed by atoms with Crippen LogP contribution in [-0.4, -0.2) is 9.55 Å². The Hall–Kier alpha value is -0.440. The summed E-state index contributed by atoms with van der Waals surface area (Å²) in [5.41, 5.74) is 1.23. The van der Waals surface area contributed by atoms with E-state index in [4.69, 9.17) is 0 Å². The molecule has 0 bridgehead atoms. The summed E-state index contributed by atoms with van der Waals surface area (Å²) in [6.45, 7) is 4.13. The molecule has 0 aromatic carbocycles. The van der Waals surface area contributed by atoms with Crippen molar-refractivity contribution in [1.82, 2.24) is 9.55 Å². The molecule has 1 aromatic rings. The monoisotopic (exact) mass is 182 g/mol. The second-order valence-electron chi connectivity index (χ2n) is 3.97. The van der Waals surface area contributed by atoms with Crippen LogP contribution >= 0.6 is 12.6 Å². The Bertz CT molecular complexity index is 281. The first-order valence-electron chi connectivity index (χ1n) is 4.34. The Morgan fingerprint density at radius 1 is 1.58 bits per heavy atom.